The van der Waals surface area contributed by atoms with Crippen LogP contribution in [0.1, 0.15) is 20.8 Å². The summed E-state index contributed by atoms with van der Waals surface area (Å²) in [7, 11) is 0. The maximum absolute atomic E-state index is 11.6. The van der Waals surface area contributed by atoms with E-state index in [2.05, 4.69) is 5.32 Å². The van der Waals surface area contributed by atoms with E-state index in [1.54, 1.807) is 0 Å². The first kappa shape index (κ1) is 14.4. The Bertz CT molecular complexity index is 468. The van der Waals surface area contributed by atoms with Crippen molar-refractivity contribution >= 4 is 5.69 Å². The van der Waals surface area contributed by atoms with Crippen LogP contribution in [0.5, 0.6) is 0 Å². The van der Waals surface area contributed by atoms with E-state index in [1.165, 1.54) is 22.9 Å². The zero-order valence-electron chi connectivity index (χ0n) is 10.9. The highest BCUT2D eigenvalue weighted by atomic mass is 16.6. The standard InChI is InChI=1S/C12H19N3O3/c1-9(2)13-6-10(3)7-14-8-11(15(17)18)4-5-12(14)16/h4-5,8-10,13H,6-7H2,1-3H3. The van der Waals surface area contributed by atoms with Gasteiger partial charge >= 0.3 is 0 Å². The van der Waals surface area contributed by atoms with Crippen LogP contribution in [0.15, 0.2) is 23.1 Å². The second-order valence-corrected chi connectivity index (χ2v) is 4.80. The van der Waals surface area contributed by atoms with Crippen LogP contribution in [-0.4, -0.2) is 22.1 Å². The normalized spacial score (nSPS) is 12.7. The molecule has 1 aromatic heterocycles. The van der Waals surface area contributed by atoms with Gasteiger partial charge in [-0.3, -0.25) is 14.9 Å². The number of rotatable bonds is 6. The second kappa shape index (κ2) is 6.30. The molecular weight excluding hydrogens is 234 g/mol. The van der Waals surface area contributed by atoms with Crippen molar-refractivity contribution in [3.05, 3.63) is 38.8 Å². The van der Waals surface area contributed by atoms with Crippen LogP contribution in [0.4, 0.5) is 5.69 Å². The molecule has 1 unspecified atom stereocenters. The lowest BCUT2D eigenvalue weighted by atomic mass is 10.1. The summed E-state index contributed by atoms with van der Waals surface area (Å²) in [6.07, 6.45) is 1.30. The first-order chi connectivity index (χ1) is 8.40. The molecule has 0 spiro atoms. The molecule has 0 radical (unpaired) electrons. The first-order valence-electron chi connectivity index (χ1n) is 5.98. The molecule has 0 saturated heterocycles. The monoisotopic (exact) mass is 253 g/mol. The van der Waals surface area contributed by atoms with Gasteiger partial charge in [0.1, 0.15) is 0 Å². The molecule has 0 aliphatic rings. The van der Waals surface area contributed by atoms with E-state index < -0.39 is 4.92 Å². The van der Waals surface area contributed by atoms with Gasteiger partial charge in [0.15, 0.2) is 0 Å². The molecule has 0 aliphatic carbocycles. The lowest BCUT2D eigenvalue weighted by molar-refractivity contribution is -0.385. The highest BCUT2D eigenvalue weighted by molar-refractivity contribution is 5.24. The minimum atomic E-state index is -0.493. The average molecular weight is 253 g/mol. The summed E-state index contributed by atoms with van der Waals surface area (Å²) in [6.45, 7) is 7.34. The van der Waals surface area contributed by atoms with Gasteiger partial charge in [-0.2, -0.15) is 0 Å². The summed E-state index contributed by atoms with van der Waals surface area (Å²) >= 11 is 0. The highest BCUT2D eigenvalue weighted by Gasteiger charge is 2.10. The van der Waals surface area contributed by atoms with Crippen LogP contribution in [-0.2, 0) is 6.54 Å². The third kappa shape index (κ3) is 4.29. The van der Waals surface area contributed by atoms with E-state index in [4.69, 9.17) is 0 Å². The van der Waals surface area contributed by atoms with Crippen LogP contribution < -0.4 is 10.9 Å². The number of hydrogen-bond acceptors (Lipinski definition) is 4. The SMILES string of the molecule is CC(CNC(C)C)Cn1cc([N+](=O)[O-])ccc1=O. The van der Waals surface area contributed by atoms with Gasteiger partial charge in [-0.25, -0.2) is 0 Å². The van der Waals surface area contributed by atoms with Crippen LogP contribution in [0.2, 0.25) is 0 Å². The molecule has 6 nitrogen and oxygen atoms in total. The fourth-order valence-corrected chi connectivity index (χ4v) is 1.61. The molecule has 1 N–H and O–H groups in total. The maximum atomic E-state index is 11.6. The Morgan fingerprint density at radius 3 is 2.61 bits per heavy atom. The Morgan fingerprint density at radius 1 is 1.39 bits per heavy atom. The number of aromatic nitrogens is 1. The highest BCUT2D eigenvalue weighted by Crippen LogP contribution is 2.08. The lowest BCUT2D eigenvalue weighted by Crippen LogP contribution is -2.31. The molecular formula is C12H19N3O3. The zero-order valence-corrected chi connectivity index (χ0v) is 10.9. The largest absolute Gasteiger partial charge is 0.314 e. The van der Waals surface area contributed by atoms with Gasteiger partial charge in [-0.05, 0) is 12.5 Å². The second-order valence-electron chi connectivity index (χ2n) is 4.80. The molecule has 0 aromatic carbocycles. The maximum Gasteiger partial charge on any atom is 0.285 e. The Morgan fingerprint density at radius 2 is 2.06 bits per heavy atom. The summed E-state index contributed by atoms with van der Waals surface area (Å²) < 4.78 is 1.39. The Hall–Kier alpha value is -1.69. The summed E-state index contributed by atoms with van der Waals surface area (Å²) in [5, 5.41) is 13.9. The molecule has 18 heavy (non-hydrogen) atoms. The summed E-state index contributed by atoms with van der Waals surface area (Å²) in [5.41, 5.74) is -0.268. The van der Waals surface area contributed by atoms with Crippen molar-refractivity contribution in [2.45, 2.75) is 33.4 Å². The number of hydrogen-bond donors (Lipinski definition) is 1. The summed E-state index contributed by atoms with van der Waals surface area (Å²) in [6, 6.07) is 2.85. The first-order valence-corrected chi connectivity index (χ1v) is 5.98. The third-order valence-electron chi connectivity index (χ3n) is 2.56. The van der Waals surface area contributed by atoms with E-state index >= 15 is 0 Å². The van der Waals surface area contributed by atoms with Crippen molar-refractivity contribution in [3.63, 3.8) is 0 Å². The number of pyridine rings is 1. The van der Waals surface area contributed by atoms with Gasteiger partial charge < -0.3 is 9.88 Å². The molecule has 0 amide bonds. The van der Waals surface area contributed by atoms with E-state index in [0.29, 0.717) is 12.6 Å². The van der Waals surface area contributed by atoms with Gasteiger partial charge in [-0.15, -0.1) is 0 Å². The van der Waals surface area contributed by atoms with Crippen LogP contribution in [0.25, 0.3) is 0 Å². The van der Waals surface area contributed by atoms with Crippen molar-refractivity contribution in [2.75, 3.05) is 6.54 Å². The predicted molar refractivity (Wildman–Crippen MR) is 69.7 cm³/mol. The Kier molecular flexibility index (Phi) is 5.03. The smallest absolute Gasteiger partial charge is 0.285 e. The van der Waals surface area contributed by atoms with Gasteiger partial charge in [0.25, 0.3) is 11.2 Å². The number of nitrogens with one attached hydrogen (secondary N) is 1. The van der Waals surface area contributed by atoms with Crippen molar-refractivity contribution in [3.8, 4) is 0 Å². The molecule has 1 rings (SSSR count). The van der Waals surface area contributed by atoms with Gasteiger partial charge in [0.2, 0.25) is 0 Å². The van der Waals surface area contributed by atoms with Crippen molar-refractivity contribution in [1.29, 1.82) is 0 Å². The quantitative estimate of drug-likeness (QED) is 0.614. The zero-order chi connectivity index (χ0) is 13.7. The predicted octanol–water partition coefficient (Wildman–Crippen LogP) is 1.39. The van der Waals surface area contributed by atoms with E-state index in [0.717, 1.165) is 6.54 Å². The average Bonchev–Trinajstić information content (AvgIpc) is 2.29. The lowest BCUT2D eigenvalue weighted by Gasteiger charge is -2.15. The fourth-order valence-electron chi connectivity index (χ4n) is 1.61. The molecule has 0 aliphatic heterocycles. The molecule has 0 fully saturated rings. The van der Waals surface area contributed by atoms with Gasteiger partial charge in [-0.1, -0.05) is 20.8 Å². The van der Waals surface area contributed by atoms with E-state index in [-0.39, 0.29) is 17.2 Å². The molecule has 6 heteroatoms. The van der Waals surface area contributed by atoms with E-state index in [9.17, 15) is 14.9 Å². The minimum Gasteiger partial charge on any atom is -0.314 e. The van der Waals surface area contributed by atoms with Crippen molar-refractivity contribution in [1.82, 2.24) is 9.88 Å². The van der Waals surface area contributed by atoms with Gasteiger partial charge in [0, 0.05) is 24.7 Å². The minimum absolute atomic E-state index is 0.0568. The number of nitrogens with zero attached hydrogens (tertiary/aromatic N) is 2. The molecule has 1 atom stereocenters. The number of nitro groups is 1. The van der Waals surface area contributed by atoms with Crippen molar-refractivity contribution < 1.29 is 4.92 Å². The Balaban J connectivity index is 2.74. The van der Waals surface area contributed by atoms with Crippen LogP contribution in [0.3, 0.4) is 0 Å². The molecule has 0 bridgehead atoms. The molecule has 100 valence electrons. The van der Waals surface area contributed by atoms with Crippen LogP contribution >= 0.6 is 0 Å². The summed E-state index contributed by atoms with van der Waals surface area (Å²) in [5.74, 6) is 0.229. The van der Waals surface area contributed by atoms with Gasteiger partial charge in [0.05, 0.1) is 11.1 Å². The molecule has 0 saturated carbocycles. The van der Waals surface area contributed by atoms with Crippen molar-refractivity contribution in [2.24, 2.45) is 5.92 Å². The molecule has 1 heterocycles. The molecule has 1 aromatic rings. The fraction of sp³-hybridized carbons (Fsp3) is 0.583. The van der Waals surface area contributed by atoms with Crippen LogP contribution in [0, 0.1) is 16.0 Å². The topological polar surface area (TPSA) is 77.2 Å². The Labute approximate surface area is 106 Å². The summed E-state index contributed by atoms with van der Waals surface area (Å²) in [4.78, 5) is 21.7. The third-order valence-corrected chi connectivity index (χ3v) is 2.56. The van der Waals surface area contributed by atoms with E-state index in [1.807, 2.05) is 20.8 Å².